The third-order valence-electron chi connectivity index (χ3n) is 0.394. The van der Waals surface area contributed by atoms with Crippen LogP contribution >= 0.6 is 0 Å². The van der Waals surface area contributed by atoms with Crippen LogP contribution in [0.15, 0.2) is 0 Å². The lowest BCUT2D eigenvalue weighted by Gasteiger charge is -1.87. The summed E-state index contributed by atoms with van der Waals surface area (Å²) in [5.74, 6) is -0.380. The summed E-state index contributed by atoms with van der Waals surface area (Å²) in [4.78, 5) is 18.2. The molecule has 0 fully saturated rings. The lowest BCUT2D eigenvalue weighted by molar-refractivity contribution is -0.742. The van der Waals surface area contributed by atoms with Crippen molar-refractivity contribution in [2.45, 2.75) is 0 Å². The van der Waals surface area contributed by atoms with Crippen molar-refractivity contribution in [2.24, 2.45) is 5.73 Å². The van der Waals surface area contributed by atoms with Gasteiger partial charge in [-0.2, -0.15) is 0 Å². The van der Waals surface area contributed by atoms with E-state index in [1.165, 1.54) is 7.11 Å². The number of esters is 1. The molecule has 0 amide bonds. The third-order valence-corrected chi connectivity index (χ3v) is 0.394. The Kier molecular flexibility index (Phi) is 8.72. The zero-order valence-electron chi connectivity index (χ0n) is 5.31. The summed E-state index contributed by atoms with van der Waals surface area (Å²) in [5.41, 5.74) is 4.81. The molecule has 0 spiro atoms. The minimum Gasteiger partial charge on any atom is -0.468 e. The zero-order chi connectivity index (χ0) is 8.57. The second-order valence-corrected chi connectivity index (χ2v) is 1.02. The van der Waals surface area contributed by atoms with Gasteiger partial charge < -0.3 is 15.7 Å². The van der Waals surface area contributed by atoms with E-state index in [2.05, 4.69) is 4.74 Å². The predicted octanol–water partition coefficient (Wildman–Crippen LogP) is -1.23. The fourth-order valence-electron chi connectivity index (χ4n) is 0.0833. The molecule has 7 heteroatoms. The number of nitrogens with two attached hydrogens (primary N) is 1. The minimum absolute atomic E-state index is 0.0312. The largest absolute Gasteiger partial charge is 0.468 e. The molecule has 0 aliphatic carbocycles. The highest BCUT2D eigenvalue weighted by Gasteiger charge is 1.87. The lowest BCUT2D eigenvalue weighted by Crippen LogP contribution is -2.14. The van der Waals surface area contributed by atoms with Crippen molar-refractivity contribution in [1.29, 1.82) is 0 Å². The summed E-state index contributed by atoms with van der Waals surface area (Å²) < 4.78 is 4.14. The van der Waals surface area contributed by atoms with E-state index in [9.17, 15) is 4.79 Å². The number of ether oxygens (including phenoxy) is 1. The first-order chi connectivity index (χ1) is 4.54. The highest BCUT2D eigenvalue weighted by molar-refractivity contribution is 5.70. The smallest absolute Gasteiger partial charge is 0.319 e. The molecule has 0 atom stereocenters. The quantitative estimate of drug-likeness (QED) is 0.276. The predicted molar refractivity (Wildman–Crippen MR) is 29.9 cm³/mol. The molecule has 0 aliphatic rings. The first kappa shape index (κ1) is 11.4. The van der Waals surface area contributed by atoms with Crippen molar-refractivity contribution in [3.05, 3.63) is 10.1 Å². The molecule has 0 bridgehead atoms. The van der Waals surface area contributed by atoms with Crippen LogP contribution in [0.3, 0.4) is 0 Å². The van der Waals surface area contributed by atoms with Gasteiger partial charge in [-0.1, -0.05) is 0 Å². The summed E-state index contributed by atoms with van der Waals surface area (Å²) in [7, 11) is 1.30. The molecule has 60 valence electrons. The van der Waals surface area contributed by atoms with Crippen LogP contribution in [0, 0.1) is 10.1 Å². The van der Waals surface area contributed by atoms with Crippen LogP contribution in [0.1, 0.15) is 0 Å². The van der Waals surface area contributed by atoms with E-state index >= 15 is 0 Å². The molecule has 0 aromatic rings. The monoisotopic (exact) mass is 152 g/mol. The molecule has 7 nitrogen and oxygen atoms in total. The standard InChI is InChI=1S/C3H7NO2.HNO3/c1-6-3(5)2-4;2-1(3)4/h2,4H2,1H3;(H,2,3,4). The van der Waals surface area contributed by atoms with E-state index in [-0.39, 0.29) is 12.5 Å². The fourth-order valence-corrected chi connectivity index (χ4v) is 0.0833. The van der Waals surface area contributed by atoms with Crippen LogP contribution in [0.25, 0.3) is 0 Å². The Hall–Kier alpha value is -1.37. The maximum atomic E-state index is 9.83. The Balaban J connectivity index is 0. The van der Waals surface area contributed by atoms with Gasteiger partial charge in [0.15, 0.2) is 0 Å². The van der Waals surface area contributed by atoms with Gasteiger partial charge in [-0.05, 0) is 0 Å². The molecule has 0 aromatic heterocycles. The number of rotatable bonds is 1. The van der Waals surface area contributed by atoms with Crippen molar-refractivity contribution in [2.75, 3.05) is 13.7 Å². The molecule has 0 heterocycles. The van der Waals surface area contributed by atoms with Crippen LogP contribution in [0.5, 0.6) is 0 Å². The van der Waals surface area contributed by atoms with E-state index in [1.807, 2.05) is 0 Å². The minimum atomic E-state index is -1.50. The summed E-state index contributed by atoms with van der Waals surface area (Å²) in [6, 6.07) is 0. The number of hydrogen-bond donors (Lipinski definition) is 2. The Morgan fingerprint density at radius 3 is 2.20 bits per heavy atom. The summed E-state index contributed by atoms with van der Waals surface area (Å²) >= 11 is 0. The Morgan fingerprint density at radius 1 is 1.90 bits per heavy atom. The molecule has 0 aliphatic heterocycles. The number of methoxy groups -OCH3 is 1. The van der Waals surface area contributed by atoms with Gasteiger partial charge in [0.05, 0.1) is 13.7 Å². The molecule has 0 saturated carbocycles. The molecule has 0 aromatic carbocycles. The van der Waals surface area contributed by atoms with E-state index < -0.39 is 5.09 Å². The Bertz CT molecular complexity index is 103. The van der Waals surface area contributed by atoms with Crippen LogP contribution in [-0.4, -0.2) is 29.9 Å². The van der Waals surface area contributed by atoms with Gasteiger partial charge in [0.25, 0.3) is 5.09 Å². The van der Waals surface area contributed by atoms with Gasteiger partial charge in [-0.25, -0.2) is 0 Å². The highest BCUT2D eigenvalue weighted by Crippen LogP contribution is 1.61. The lowest BCUT2D eigenvalue weighted by atomic mass is 10.7. The zero-order valence-corrected chi connectivity index (χ0v) is 5.31. The fraction of sp³-hybridized carbons (Fsp3) is 0.667. The summed E-state index contributed by atoms with van der Waals surface area (Å²) in [6.45, 7) is -0.0312. The molecule has 0 radical (unpaired) electrons. The SMILES string of the molecule is COC(=O)CN.O=[N+]([O-])O. The van der Waals surface area contributed by atoms with Gasteiger partial charge in [-0.3, -0.25) is 4.79 Å². The van der Waals surface area contributed by atoms with Gasteiger partial charge >= 0.3 is 5.97 Å². The van der Waals surface area contributed by atoms with Crippen molar-refractivity contribution in [1.82, 2.24) is 0 Å². The van der Waals surface area contributed by atoms with Crippen LogP contribution in [0.2, 0.25) is 0 Å². The second-order valence-electron chi connectivity index (χ2n) is 1.02. The van der Waals surface area contributed by atoms with Crippen LogP contribution < -0.4 is 5.73 Å². The first-order valence-electron chi connectivity index (χ1n) is 2.14. The van der Waals surface area contributed by atoms with Crippen LogP contribution in [-0.2, 0) is 9.53 Å². The highest BCUT2D eigenvalue weighted by atomic mass is 16.9. The Labute approximate surface area is 56.5 Å². The molecular formula is C3H8N2O5. The van der Waals surface area contributed by atoms with Crippen molar-refractivity contribution in [3.8, 4) is 0 Å². The van der Waals surface area contributed by atoms with Gasteiger partial charge in [-0.15, -0.1) is 10.1 Å². The maximum absolute atomic E-state index is 9.83. The average molecular weight is 152 g/mol. The van der Waals surface area contributed by atoms with Crippen molar-refractivity contribution < 1.29 is 19.8 Å². The number of hydrogen-bond acceptors (Lipinski definition) is 5. The second kappa shape index (κ2) is 7.63. The van der Waals surface area contributed by atoms with Gasteiger partial charge in [0.1, 0.15) is 0 Å². The number of carbonyl (C=O) groups is 1. The van der Waals surface area contributed by atoms with E-state index in [4.69, 9.17) is 21.1 Å². The van der Waals surface area contributed by atoms with E-state index in [0.29, 0.717) is 0 Å². The molecule has 0 rings (SSSR count). The van der Waals surface area contributed by atoms with Crippen LogP contribution in [0.4, 0.5) is 0 Å². The normalized spacial score (nSPS) is 7.00. The average Bonchev–Trinajstić information content (AvgIpc) is 1.85. The first-order valence-corrected chi connectivity index (χ1v) is 2.14. The van der Waals surface area contributed by atoms with E-state index in [1.54, 1.807) is 0 Å². The molecule has 3 N–H and O–H groups in total. The maximum Gasteiger partial charge on any atom is 0.319 e. The molecular weight excluding hydrogens is 144 g/mol. The van der Waals surface area contributed by atoms with Gasteiger partial charge in [0, 0.05) is 0 Å². The topological polar surface area (TPSA) is 116 Å². The number of carbonyl (C=O) groups excluding carboxylic acids is 1. The summed E-state index contributed by atoms with van der Waals surface area (Å²) in [6.07, 6.45) is 0. The number of nitrogens with zero attached hydrogens (tertiary/aromatic N) is 1. The van der Waals surface area contributed by atoms with Crippen molar-refractivity contribution >= 4 is 5.97 Å². The molecule has 0 saturated heterocycles. The molecule has 10 heavy (non-hydrogen) atoms. The Morgan fingerprint density at radius 2 is 2.20 bits per heavy atom. The van der Waals surface area contributed by atoms with Gasteiger partial charge in [0.2, 0.25) is 0 Å². The third kappa shape index (κ3) is 30.4. The van der Waals surface area contributed by atoms with E-state index in [0.717, 1.165) is 0 Å². The van der Waals surface area contributed by atoms with Crippen molar-refractivity contribution in [3.63, 3.8) is 0 Å². The molecule has 0 unspecified atom stereocenters. The summed E-state index contributed by atoms with van der Waals surface area (Å²) in [5, 5.41) is 13.6.